The van der Waals surface area contributed by atoms with E-state index in [4.69, 9.17) is 4.42 Å². The van der Waals surface area contributed by atoms with Crippen LogP contribution in [0.4, 0.5) is 6.01 Å². The van der Waals surface area contributed by atoms with Crippen LogP contribution >= 0.6 is 11.3 Å². The standard InChI is InChI=1S/C20H23N5O6S3/c1-24(2)33(27,28)16-7-5-15(6-8-16)19-22-23-20(31-19)21-18(26)14-9-11-25(12-10-14)34(29,30)17-4-3-13-32-17/h3-8,13-14H,9-12H2,1-2H3,(H,21,23,26). The minimum Gasteiger partial charge on any atom is -0.403 e. The summed E-state index contributed by atoms with van der Waals surface area (Å²) in [6.45, 7) is 0.491. The Morgan fingerprint density at radius 3 is 2.35 bits per heavy atom. The zero-order valence-electron chi connectivity index (χ0n) is 18.4. The molecule has 182 valence electrons. The van der Waals surface area contributed by atoms with Gasteiger partial charge in [-0.05, 0) is 48.6 Å². The van der Waals surface area contributed by atoms with Crippen molar-refractivity contribution in [2.75, 3.05) is 32.5 Å². The quantitative estimate of drug-likeness (QED) is 0.494. The summed E-state index contributed by atoms with van der Waals surface area (Å²) in [5.41, 5.74) is 0.498. The van der Waals surface area contributed by atoms with Gasteiger partial charge in [0.15, 0.2) is 0 Å². The summed E-state index contributed by atoms with van der Waals surface area (Å²) in [4.78, 5) is 12.8. The largest absolute Gasteiger partial charge is 0.403 e. The van der Waals surface area contributed by atoms with E-state index in [0.717, 1.165) is 4.31 Å². The highest BCUT2D eigenvalue weighted by Gasteiger charge is 2.33. The molecule has 11 nitrogen and oxygen atoms in total. The maximum Gasteiger partial charge on any atom is 0.322 e. The fourth-order valence-corrected chi connectivity index (χ4v) is 6.99. The van der Waals surface area contributed by atoms with E-state index < -0.39 is 20.0 Å². The maximum absolute atomic E-state index is 12.6. The second-order valence-corrected chi connectivity index (χ2v) is 13.1. The Kier molecular flexibility index (Phi) is 6.87. The average molecular weight is 526 g/mol. The third-order valence-electron chi connectivity index (χ3n) is 5.45. The molecule has 34 heavy (non-hydrogen) atoms. The molecule has 3 heterocycles. The molecule has 1 fully saturated rings. The summed E-state index contributed by atoms with van der Waals surface area (Å²) in [5, 5.41) is 12.0. The Balaban J connectivity index is 1.36. The number of hydrogen-bond acceptors (Lipinski definition) is 9. The zero-order chi connectivity index (χ0) is 24.5. The highest BCUT2D eigenvalue weighted by Crippen LogP contribution is 2.27. The molecule has 2 aromatic heterocycles. The lowest BCUT2D eigenvalue weighted by Crippen LogP contribution is -2.41. The van der Waals surface area contributed by atoms with E-state index in [-0.39, 0.29) is 41.7 Å². The molecule has 0 radical (unpaired) electrons. The van der Waals surface area contributed by atoms with Gasteiger partial charge in [-0.15, -0.1) is 16.4 Å². The lowest BCUT2D eigenvalue weighted by molar-refractivity contribution is -0.121. The number of carbonyl (C=O) groups is 1. The third-order valence-corrected chi connectivity index (χ3v) is 10.5. The number of carbonyl (C=O) groups excluding carboxylic acids is 1. The molecule has 0 spiro atoms. The van der Waals surface area contributed by atoms with E-state index in [1.54, 1.807) is 29.6 Å². The predicted molar refractivity (Wildman–Crippen MR) is 125 cm³/mol. The van der Waals surface area contributed by atoms with E-state index in [2.05, 4.69) is 15.5 Å². The second kappa shape index (κ2) is 9.54. The summed E-state index contributed by atoms with van der Waals surface area (Å²) >= 11 is 1.17. The van der Waals surface area contributed by atoms with Crippen LogP contribution in [0, 0.1) is 5.92 Å². The minimum absolute atomic E-state index is 0.0846. The van der Waals surface area contributed by atoms with Crippen LogP contribution in [0.15, 0.2) is 55.3 Å². The van der Waals surface area contributed by atoms with Crippen LogP contribution in [0.2, 0.25) is 0 Å². The Morgan fingerprint density at radius 1 is 1.09 bits per heavy atom. The Hall–Kier alpha value is -2.65. The van der Waals surface area contributed by atoms with Gasteiger partial charge >= 0.3 is 6.01 Å². The van der Waals surface area contributed by atoms with E-state index in [9.17, 15) is 21.6 Å². The minimum atomic E-state index is -3.56. The number of piperidine rings is 1. The van der Waals surface area contributed by atoms with Gasteiger partial charge in [0.1, 0.15) is 4.21 Å². The van der Waals surface area contributed by atoms with E-state index in [1.807, 2.05) is 0 Å². The third kappa shape index (κ3) is 4.90. The van der Waals surface area contributed by atoms with Crippen molar-refractivity contribution >= 4 is 43.3 Å². The summed E-state index contributed by atoms with van der Waals surface area (Å²) < 4.78 is 57.9. The number of hydrogen-bond donors (Lipinski definition) is 1. The monoisotopic (exact) mass is 525 g/mol. The van der Waals surface area contributed by atoms with Crippen LogP contribution in [0.3, 0.4) is 0 Å². The molecule has 0 bridgehead atoms. The molecular weight excluding hydrogens is 502 g/mol. The molecule has 3 aromatic rings. The summed E-state index contributed by atoms with van der Waals surface area (Å²) in [6.07, 6.45) is 0.748. The van der Waals surface area contributed by atoms with Gasteiger partial charge in [-0.25, -0.2) is 21.1 Å². The first kappa shape index (κ1) is 24.5. The lowest BCUT2D eigenvalue weighted by atomic mass is 9.97. The van der Waals surface area contributed by atoms with Crippen LogP contribution in [0.5, 0.6) is 0 Å². The van der Waals surface area contributed by atoms with Gasteiger partial charge in [-0.1, -0.05) is 11.2 Å². The van der Waals surface area contributed by atoms with Gasteiger partial charge in [0.05, 0.1) is 4.90 Å². The van der Waals surface area contributed by atoms with Crippen molar-refractivity contribution in [3.05, 3.63) is 41.8 Å². The summed E-state index contributed by atoms with van der Waals surface area (Å²) in [6, 6.07) is 9.13. The summed E-state index contributed by atoms with van der Waals surface area (Å²) in [5.74, 6) is -0.586. The van der Waals surface area contributed by atoms with Crippen molar-refractivity contribution in [3.63, 3.8) is 0 Å². The van der Waals surface area contributed by atoms with Crippen LogP contribution in [-0.4, -0.2) is 68.7 Å². The van der Waals surface area contributed by atoms with Gasteiger partial charge in [-0.2, -0.15) is 4.31 Å². The van der Waals surface area contributed by atoms with Gasteiger partial charge in [0.2, 0.25) is 21.8 Å². The van der Waals surface area contributed by atoms with E-state index in [0.29, 0.717) is 22.6 Å². The molecule has 0 aliphatic carbocycles. The SMILES string of the molecule is CN(C)S(=O)(=O)c1ccc(-c2nnc(NC(=O)C3CCN(S(=O)(=O)c4cccs4)CC3)o2)cc1. The average Bonchev–Trinajstić information content (AvgIpc) is 3.52. The molecule has 0 unspecified atom stereocenters. The van der Waals surface area contributed by atoms with Gasteiger partial charge in [0.25, 0.3) is 10.0 Å². The molecular formula is C20H23N5O6S3. The highest BCUT2D eigenvalue weighted by atomic mass is 32.2. The molecule has 1 saturated heterocycles. The molecule has 1 aliphatic rings. The molecule has 0 saturated carbocycles. The number of thiophene rings is 1. The van der Waals surface area contributed by atoms with Gasteiger partial charge in [-0.3, -0.25) is 10.1 Å². The number of aromatic nitrogens is 2. The van der Waals surface area contributed by atoms with Crippen LogP contribution in [-0.2, 0) is 24.8 Å². The van der Waals surface area contributed by atoms with Crippen molar-refractivity contribution in [1.82, 2.24) is 18.8 Å². The van der Waals surface area contributed by atoms with Crippen molar-refractivity contribution in [3.8, 4) is 11.5 Å². The van der Waals surface area contributed by atoms with E-state index in [1.165, 1.54) is 41.9 Å². The van der Waals surface area contributed by atoms with Crippen LogP contribution in [0.1, 0.15) is 12.8 Å². The van der Waals surface area contributed by atoms with Crippen LogP contribution in [0.25, 0.3) is 11.5 Å². The van der Waals surface area contributed by atoms with Crippen molar-refractivity contribution in [2.45, 2.75) is 21.9 Å². The summed E-state index contributed by atoms with van der Waals surface area (Å²) in [7, 11) is -4.19. The number of nitrogens with zero attached hydrogens (tertiary/aromatic N) is 4. The maximum atomic E-state index is 12.6. The molecule has 1 amide bonds. The predicted octanol–water partition coefficient (Wildman–Crippen LogP) is 2.09. The fourth-order valence-electron chi connectivity index (χ4n) is 3.47. The molecule has 14 heteroatoms. The number of nitrogens with one attached hydrogen (secondary N) is 1. The van der Waals surface area contributed by atoms with Crippen molar-refractivity contribution in [1.29, 1.82) is 0 Å². The Labute approximate surface area is 201 Å². The first-order chi connectivity index (χ1) is 16.1. The molecule has 1 N–H and O–H groups in total. The number of rotatable bonds is 7. The number of amides is 1. The molecule has 1 aliphatic heterocycles. The lowest BCUT2D eigenvalue weighted by Gasteiger charge is -2.29. The second-order valence-electron chi connectivity index (χ2n) is 7.82. The molecule has 0 atom stereocenters. The van der Waals surface area contributed by atoms with Crippen molar-refractivity contribution in [2.24, 2.45) is 5.92 Å². The number of anilines is 1. The van der Waals surface area contributed by atoms with Crippen molar-refractivity contribution < 1.29 is 26.0 Å². The van der Waals surface area contributed by atoms with Gasteiger partial charge in [0, 0.05) is 38.7 Å². The fraction of sp³-hybridized carbons (Fsp3) is 0.350. The van der Waals surface area contributed by atoms with Gasteiger partial charge < -0.3 is 4.42 Å². The smallest absolute Gasteiger partial charge is 0.322 e. The first-order valence-electron chi connectivity index (χ1n) is 10.3. The molecule has 1 aromatic carbocycles. The van der Waals surface area contributed by atoms with Crippen LogP contribution < -0.4 is 5.32 Å². The highest BCUT2D eigenvalue weighted by molar-refractivity contribution is 7.91. The number of sulfonamides is 2. The first-order valence-corrected chi connectivity index (χ1v) is 14.1. The normalized spacial score (nSPS) is 16.1. The number of benzene rings is 1. The Morgan fingerprint density at radius 2 is 1.76 bits per heavy atom. The Bertz CT molecular complexity index is 1360. The van der Waals surface area contributed by atoms with E-state index >= 15 is 0 Å². The zero-order valence-corrected chi connectivity index (χ0v) is 20.9. The topological polar surface area (TPSA) is 143 Å². The molecule has 4 rings (SSSR count).